The Hall–Kier alpha value is -2.14. The average Bonchev–Trinajstić information content (AvgIpc) is 2.90. The smallest absolute Gasteiger partial charge is 0.250 e. The predicted octanol–water partition coefficient (Wildman–Crippen LogP) is 3.06. The average molecular weight is 321 g/mol. The lowest BCUT2D eigenvalue weighted by atomic mass is 9.93. The Morgan fingerprint density at radius 3 is 2.91 bits per heavy atom. The van der Waals surface area contributed by atoms with Crippen LogP contribution in [0.4, 0.5) is 4.39 Å². The topological polar surface area (TPSA) is 65.2 Å². The summed E-state index contributed by atoms with van der Waals surface area (Å²) >= 11 is 5.97. The fraction of sp³-hybridized carbons (Fsp3) is 0.250. The molecule has 1 aliphatic carbocycles. The van der Waals surface area contributed by atoms with Gasteiger partial charge in [-0.1, -0.05) is 11.6 Å². The van der Waals surface area contributed by atoms with E-state index >= 15 is 0 Å². The molecule has 3 rings (SSSR count). The standard InChI is InChI=1S/C16H14ClFN2O2/c1-22-14-5-4-11(16(19)21)15(20-14)10-3-2-9-12(10)6-8(17)7-13(9)18/h4-7,10H,2-3H2,1H3,(H2,19,21)/t10-/m1/s1. The monoisotopic (exact) mass is 320 g/mol. The zero-order chi connectivity index (χ0) is 15.9. The molecule has 0 saturated heterocycles. The molecular weight excluding hydrogens is 307 g/mol. The maximum Gasteiger partial charge on any atom is 0.250 e. The van der Waals surface area contributed by atoms with Gasteiger partial charge in [0.2, 0.25) is 5.88 Å². The van der Waals surface area contributed by atoms with Crippen molar-refractivity contribution in [2.24, 2.45) is 5.73 Å². The minimum Gasteiger partial charge on any atom is -0.481 e. The number of amides is 1. The van der Waals surface area contributed by atoms with Crippen molar-refractivity contribution < 1.29 is 13.9 Å². The highest BCUT2D eigenvalue weighted by Crippen LogP contribution is 2.41. The van der Waals surface area contributed by atoms with E-state index in [0.717, 1.165) is 5.56 Å². The summed E-state index contributed by atoms with van der Waals surface area (Å²) in [5.41, 5.74) is 7.64. The number of methoxy groups -OCH3 is 1. The highest BCUT2D eigenvalue weighted by molar-refractivity contribution is 6.30. The third-order valence-electron chi connectivity index (χ3n) is 3.96. The van der Waals surface area contributed by atoms with Gasteiger partial charge >= 0.3 is 0 Å². The van der Waals surface area contributed by atoms with Crippen LogP contribution in [0.3, 0.4) is 0 Å². The number of carbonyl (C=O) groups excluding carboxylic acids is 1. The Morgan fingerprint density at radius 2 is 2.23 bits per heavy atom. The van der Waals surface area contributed by atoms with Gasteiger partial charge in [-0.05, 0) is 42.2 Å². The molecule has 1 aromatic heterocycles. The van der Waals surface area contributed by atoms with Gasteiger partial charge in [0.05, 0.1) is 18.4 Å². The van der Waals surface area contributed by atoms with Gasteiger partial charge in [0, 0.05) is 17.0 Å². The number of nitrogens with two attached hydrogens (primary N) is 1. The zero-order valence-electron chi connectivity index (χ0n) is 11.9. The molecule has 1 aliphatic rings. The van der Waals surface area contributed by atoms with E-state index in [9.17, 15) is 9.18 Å². The van der Waals surface area contributed by atoms with Crippen LogP contribution < -0.4 is 10.5 Å². The number of carbonyl (C=O) groups is 1. The van der Waals surface area contributed by atoms with E-state index in [1.165, 1.54) is 13.2 Å². The van der Waals surface area contributed by atoms with Crippen molar-refractivity contribution in [3.8, 4) is 5.88 Å². The number of halogens is 2. The van der Waals surface area contributed by atoms with E-state index in [1.807, 2.05) is 0 Å². The number of benzene rings is 1. The van der Waals surface area contributed by atoms with Gasteiger partial charge in [0.1, 0.15) is 5.82 Å². The lowest BCUT2D eigenvalue weighted by Gasteiger charge is -2.15. The fourth-order valence-corrected chi connectivity index (χ4v) is 3.18. The minimum atomic E-state index is -0.568. The molecule has 0 radical (unpaired) electrons. The van der Waals surface area contributed by atoms with Crippen LogP contribution in [-0.2, 0) is 6.42 Å². The number of hydrogen-bond acceptors (Lipinski definition) is 3. The van der Waals surface area contributed by atoms with Crippen LogP contribution in [-0.4, -0.2) is 18.0 Å². The quantitative estimate of drug-likeness (QED) is 0.945. The number of fused-ring (bicyclic) bond motifs is 1. The van der Waals surface area contributed by atoms with Crippen molar-refractivity contribution in [3.63, 3.8) is 0 Å². The van der Waals surface area contributed by atoms with Crippen molar-refractivity contribution >= 4 is 17.5 Å². The second-order valence-corrected chi connectivity index (χ2v) is 5.63. The van der Waals surface area contributed by atoms with Gasteiger partial charge in [-0.2, -0.15) is 0 Å². The SMILES string of the molecule is COc1ccc(C(N)=O)c([C@@H]2CCc3c(F)cc(Cl)cc32)n1. The van der Waals surface area contributed by atoms with Crippen LogP contribution in [0.5, 0.6) is 5.88 Å². The van der Waals surface area contributed by atoms with Crippen LogP contribution in [0.1, 0.15) is 39.5 Å². The first-order valence-corrected chi connectivity index (χ1v) is 7.21. The molecule has 1 heterocycles. The molecule has 1 amide bonds. The van der Waals surface area contributed by atoms with E-state index in [2.05, 4.69) is 4.98 Å². The van der Waals surface area contributed by atoms with Crippen molar-refractivity contribution in [2.45, 2.75) is 18.8 Å². The summed E-state index contributed by atoms with van der Waals surface area (Å²) in [5, 5.41) is 0.326. The van der Waals surface area contributed by atoms with Gasteiger partial charge in [-0.15, -0.1) is 0 Å². The molecule has 0 saturated carbocycles. The van der Waals surface area contributed by atoms with Crippen LogP contribution in [0.2, 0.25) is 5.02 Å². The molecule has 0 spiro atoms. The Labute approximate surface area is 132 Å². The molecule has 1 atom stereocenters. The van der Waals surface area contributed by atoms with Crippen molar-refractivity contribution in [1.29, 1.82) is 0 Å². The number of rotatable bonds is 3. The fourth-order valence-electron chi connectivity index (χ4n) is 2.97. The minimum absolute atomic E-state index is 0.221. The van der Waals surface area contributed by atoms with Crippen molar-refractivity contribution in [2.75, 3.05) is 7.11 Å². The molecule has 6 heteroatoms. The predicted molar refractivity (Wildman–Crippen MR) is 80.9 cm³/mol. The van der Waals surface area contributed by atoms with E-state index in [1.54, 1.807) is 18.2 Å². The van der Waals surface area contributed by atoms with Crippen molar-refractivity contribution in [3.05, 3.63) is 57.5 Å². The highest BCUT2D eigenvalue weighted by Gasteiger charge is 2.31. The van der Waals surface area contributed by atoms with E-state index in [4.69, 9.17) is 22.1 Å². The molecular formula is C16H14ClFN2O2. The molecule has 0 aliphatic heterocycles. The third-order valence-corrected chi connectivity index (χ3v) is 4.18. The Morgan fingerprint density at radius 1 is 1.45 bits per heavy atom. The normalized spacial score (nSPS) is 16.4. The lowest BCUT2D eigenvalue weighted by Crippen LogP contribution is -2.17. The van der Waals surface area contributed by atoms with Crippen LogP contribution in [0, 0.1) is 5.82 Å². The first-order valence-electron chi connectivity index (χ1n) is 6.83. The van der Waals surface area contributed by atoms with Crippen LogP contribution in [0.15, 0.2) is 24.3 Å². The van der Waals surface area contributed by atoms with Gasteiger partial charge in [0.25, 0.3) is 5.91 Å². The van der Waals surface area contributed by atoms with Gasteiger partial charge in [-0.25, -0.2) is 9.37 Å². The second-order valence-electron chi connectivity index (χ2n) is 5.20. The maximum absolute atomic E-state index is 14.0. The lowest BCUT2D eigenvalue weighted by molar-refractivity contribution is 0.0998. The van der Waals surface area contributed by atoms with Gasteiger partial charge in [-0.3, -0.25) is 4.79 Å². The summed E-state index contributed by atoms with van der Waals surface area (Å²) in [6.07, 6.45) is 1.22. The highest BCUT2D eigenvalue weighted by atomic mass is 35.5. The summed E-state index contributed by atoms with van der Waals surface area (Å²) in [6, 6.07) is 6.20. The number of hydrogen-bond donors (Lipinski definition) is 1. The zero-order valence-corrected chi connectivity index (χ0v) is 12.7. The van der Waals surface area contributed by atoms with E-state index in [0.29, 0.717) is 40.6 Å². The summed E-state index contributed by atoms with van der Waals surface area (Å²) in [5.74, 6) is -0.730. The van der Waals surface area contributed by atoms with Crippen LogP contribution >= 0.6 is 11.6 Å². The molecule has 0 bridgehead atoms. The molecule has 0 fully saturated rings. The number of ether oxygens (including phenoxy) is 1. The van der Waals surface area contributed by atoms with E-state index in [-0.39, 0.29) is 11.7 Å². The number of aromatic nitrogens is 1. The summed E-state index contributed by atoms with van der Waals surface area (Å²) < 4.78 is 19.1. The second kappa shape index (κ2) is 5.57. The Balaban J connectivity index is 2.17. The summed E-state index contributed by atoms with van der Waals surface area (Å²) in [7, 11) is 1.50. The first-order chi connectivity index (χ1) is 10.5. The number of primary amides is 1. The molecule has 22 heavy (non-hydrogen) atoms. The molecule has 0 unspecified atom stereocenters. The molecule has 2 N–H and O–H groups in total. The number of pyridine rings is 1. The van der Waals surface area contributed by atoms with Gasteiger partial charge in [0.15, 0.2) is 0 Å². The summed E-state index contributed by atoms with van der Waals surface area (Å²) in [4.78, 5) is 16.0. The first kappa shape index (κ1) is 14.8. The molecule has 114 valence electrons. The Bertz CT molecular complexity index is 764. The van der Waals surface area contributed by atoms with Crippen molar-refractivity contribution in [1.82, 2.24) is 4.98 Å². The van der Waals surface area contributed by atoms with E-state index < -0.39 is 5.91 Å². The van der Waals surface area contributed by atoms with Crippen LogP contribution in [0.25, 0.3) is 0 Å². The Kier molecular flexibility index (Phi) is 3.74. The number of nitrogens with zero attached hydrogens (tertiary/aromatic N) is 1. The maximum atomic E-state index is 14.0. The molecule has 4 nitrogen and oxygen atoms in total. The molecule has 2 aromatic rings. The largest absolute Gasteiger partial charge is 0.481 e. The van der Waals surface area contributed by atoms with Gasteiger partial charge < -0.3 is 10.5 Å². The summed E-state index contributed by atoms with van der Waals surface area (Å²) in [6.45, 7) is 0. The third kappa shape index (κ3) is 2.41. The molecule has 1 aromatic carbocycles.